The fourth-order valence-electron chi connectivity index (χ4n) is 3.36. The fourth-order valence-corrected chi connectivity index (χ4v) is 4.56. The molecule has 3 rings (SSSR count). The highest BCUT2D eigenvalue weighted by Crippen LogP contribution is 2.20. The zero-order valence-corrected chi connectivity index (χ0v) is 18.5. The number of nitrogens with one attached hydrogen (secondary N) is 2. The Hall–Kier alpha value is -2.49. The highest BCUT2D eigenvalue weighted by molar-refractivity contribution is 7.89. The summed E-state index contributed by atoms with van der Waals surface area (Å²) >= 11 is 0. The van der Waals surface area contributed by atoms with Crippen LogP contribution in [0.5, 0.6) is 0 Å². The molecular formula is C22H28FN3O4S. The van der Waals surface area contributed by atoms with Crippen LogP contribution in [0, 0.1) is 11.7 Å². The second-order valence-electron chi connectivity index (χ2n) is 7.89. The quantitative estimate of drug-likeness (QED) is 0.647. The summed E-state index contributed by atoms with van der Waals surface area (Å²) in [5.74, 6) is -0.898. The Labute approximate surface area is 182 Å². The van der Waals surface area contributed by atoms with E-state index < -0.39 is 27.8 Å². The first-order valence-electron chi connectivity index (χ1n) is 10.3. The minimum Gasteiger partial charge on any atom is -0.378 e. The maximum atomic E-state index is 13.1. The molecule has 1 heterocycles. The summed E-state index contributed by atoms with van der Waals surface area (Å²) in [5.41, 5.74) is 1.62. The summed E-state index contributed by atoms with van der Waals surface area (Å²) < 4.78 is 46.3. The number of ether oxygens (including phenoxy) is 1. The van der Waals surface area contributed by atoms with Crippen molar-refractivity contribution in [2.24, 2.45) is 5.92 Å². The number of benzene rings is 2. The van der Waals surface area contributed by atoms with Gasteiger partial charge in [-0.3, -0.25) is 4.79 Å². The lowest BCUT2D eigenvalue weighted by molar-refractivity contribution is -0.118. The van der Waals surface area contributed by atoms with Crippen LogP contribution in [0.25, 0.3) is 0 Å². The summed E-state index contributed by atoms with van der Waals surface area (Å²) in [6.45, 7) is 6.81. The maximum Gasteiger partial charge on any atom is 0.242 e. The molecule has 1 saturated heterocycles. The average molecular weight is 450 g/mol. The predicted molar refractivity (Wildman–Crippen MR) is 118 cm³/mol. The van der Waals surface area contributed by atoms with E-state index in [1.54, 1.807) is 12.1 Å². The second-order valence-corrected chi connectivity index (χ2v) is 9.61. The molecule has 1 unspecified atom stereocenters. The van der Waals surface area contributed by atoms with E-state index in [9.17, 15) is 17.6 Å². The molecule has 1 fully saturated rings. The molecule has 2 aromatic rings. The van der Waals surface area contributed by atoms with Crippen LogP contribution in [0.1, 0.15) is 20.3 Å². The van der Waals surface area contributed by atoms with Crippen LogP contribution in [0.4, 0.5) is 15.8 Å². The number of anilines is 2. The van der Waals surface area contributed by atoms with Crippen molar-refractivity contribution < 1.29 is 22.3 Å². The van der Waals surface area contributed by atoms with E-state index in [1.807, 2.05) is 26.0 Å². The summed E-state index contributed by atoms with van der Waals surface area (Å²) in [5, 5.41) is 2.79. The molecule has 2 N–H and O–H groups in total. The van der Waals surface area contributed by atoms with Gasteiger partial charge in [0.1, 0.15) is 11.9 Å². The number of halogens is 1. The molecule has 0 radical (unpaired) electrons. The van der Waals surface area contributed by atoms with Gasteiger partial charge in [-0.2, -0.15) is 4.72 Å². The lowest BCUT2D eigenvalue weighted by atomic mass is 10.0. The van der Waals surface area contributed by atoms with E-state index in [2.05, 4.69) is 14.9 Å². The van der Waals surface area contributed by atoms with Gasteiger partial charge in [-0.15, -0.1) is 0 Å². The van der Waals surface area contributed by atoms with Crippen molar-refractivity contribution in [1.29, 1.82) is 0 Å². The number of rotatable bonds is 8. The topological polar surface area (TPSA) is 87.7 Å². The molecule has 1 aliphatic rings. The summed E-state index contributed by atoms with van der Waals surface area (Å²) in [6, 6.07) is 11.0. The number of amides is 1. The molecule has 1 atom stereocenters. The van der Waals surface area contributed by atoms with Gasteiger partial charge in [-0.25, -0.2) is 12.8 Å². The van der Waals surface area contributed by atoms with Crippen LogP contribution < -0.4 is 14.9 Å². The molecule has 0 aliphatic carbocycles. The molecule has 0 aromatic heterocycles. The number of carbonyl (C=O) groups is 1. The van der Waals surface area contributed by atoms with Gasteiger partial charge >= 0.3 is 0 Å². The van der Waals surface area contributed by atoms with Gasteiger partial charge in [0.05, 0.1) is 18.1 Å². The van der Waals surface area contributed by atoms with Gasteiger partial charge in [0.2, 0.25) is 15.9 Å². The van der Waals surface area contributed by atoms with Crippen molar-refractivity contribution in [2.45, 2.75) is 31.2 Å². The van der Waals surface area contributed by atoms with Crippen LogP contribution in [0.15, 0.2) is 53.4 Å². The monoisotopic (exact) mass is 449 g/mol. The van der Waals surface area contributed by atoms with Crippen LogP contribution in [-0.4, -0.2) is 46.7 Å². The van der Waals surface area contributed by atoms with Gasteiger partial charge in [0.25, 0.3) is 0 Å². The summed E-state index contributed by atoms with van der Waals surface area (Å²) in [7, 11) is -3.98. The molecule has 9 heteroatoms. The maximum absolute atomic E-state index is 13.1. The molecular weight excluding hydrogens is 421 g/mol. The van der Waals surface area contributed by atoms with Crippen LogP contribution in [0.3, 0.4) is 0 Å². The van der Waals surface area contributed by atoms with E-state index in [0.717, 1.165) is 30.9 Å². The minimum atomic E-state index is -3.98. The first-order valence-corrected chi connectivity index (χ1v) is 11.7. The molecule has 168 valence electrons. The number of nitrogens with zero attached hydrogens (tertiary/aromatic N) is 1. The van der Waals surface area contributed by atoms with Gasteiger partial charge in [0.15, 0.2) is 0 Å². The Morgan fingerprint density at radius 1 is 1.06 bits per heavy atom. The molecule has 0 spiro atoms. The Morgan fingerprint density at radius 3 is 2.26 bits per heavy atom. The Bertz CT molecular complexity index is 973. The molecule has 1 amide bonds. The number of hydrogen-bond donors (Lipinski definition) is 2. The summed E-state index contributed by atoms with van der Waals surface area (Å²) in [6.07, 6.45) is 0.318. The predicted octanol–water partition coefficient (Wildman–Crippen LogP) is 2.99. The second kappa shape index (κ2) is 10.2. The van der Waals surface area contributed by atoms with E-state index in [1.165, 1.54) is 12.1 Å². The fraction of sp³-hybridized carbons (Fsp3) is 0.409. The number of hydrogen-bond acceptors (Lipinski definition) is 5. The van der Waals surface area contributed by atoms with Crippen molar-refractivity contribution in [3.63, 3.8) is 0 Å². The van der Waals surface area contributed by atoms with E-state index >= 15 is 0 Å². The van der Waals surface area contributed by atoms with Crippen LogP contribution in [0.2, 0.25) is 0 Å². The Kier molecular flexibility index (Phi) is 7.64. The number of carbonyl (C=O) groups excluding carboxylic acids is 1. The highest BCUT2D eigenvalue weighted by atomic mass is 32.2. The lowest BCUT2D eigenvalue weighted by Crippen LogP contribution is -2.44. The third-order valence-corrected chi connectivity index (χ3v) is 6.44. The van der Waals surface area contributed by atoms with E-state index in [-0.39, 0.29) is 10.8 Å². The van der Waals surface area contributed by atoms with E-state index in [0.29, 0.717) is 25.3 Å². The zero-order valence-electron chi connectivity index (χ0n) is 17.7. The molecule has 2 aromatic carbocycles. The molecule has 31 heavy (non-hydrogen) atoms. The van der Waals surface area contributed by atoms with Gasteiger partial charge in [0, 0.05) is 24.5 Å². The van der Waals surface area contributed by atoms with Gasteiger partial charge < -0.3 is 15.0 Å². The first kappa shape index (κ1) is 23.2. The van der Waals surface area contributed by atoms with E-state index in [4.69, 9.17) is 4.74 Å². The summed E-state index contributed by atoms with van der Waals surface area (Å²) in [4.78, 5) is 15.0. The normalized spacial score (nSPS) is 15.7. The minimum absolute atomic E-state index is 0.0790. The van der Waals surface area contributed by atoms with Crippen molar-refractivity contribution in [3.05, 3.63) is 54.3 Å². The first-order chi connectivity index (χ1) is 14.7. The smallest absolute Gasteiger partial charge is 0.242 e. The molecule has 0 bridgehead atoms. The average Bonchev–Trinajstić information content (AvgIpc) is 2.74. The van der Waals surface area contributed by atoms with Crippen LogP contribution >= 0.6 is 0 Å². The van der Waals surface area contributed by atoms with Crippen molar-refractivity contribution in [1.82, 2.24) is 4.72 Å². The van der Waals surface area contributed by atoms with Gasteiger partial charge in [-0.1, -0.05) is 13.8 Å². The lowest BCUT2D eigenvalue weighted by Gasteiger charge is -2.29. The standard InChI is InChI=1S/C22H28FN3O4S/c1-16(2)15-21(25-31(28,29)20-9-3-17(23)4-10-20)22(27)24-18-5-7-19(8-6-18)26-11-13-30-14-12-26/h3-10,16,21,25H,11-15H2,1-2H3,(H,24,27). The largest absolute Gasteiger partial charge is 0.378 e. The number of morpholine rings is 1. The SMILES string of the molecule is CC(C)CC(NS(=O)(=O)c1ccc(F)cc1)C(=O)Nc1ccc(N2CCOCC2)cc1. The van der Waals surface area contributed by atoms with Crippen molar-refractivity contribution in [2.75, 3.05) is 36.5 Å². The third-order valence-electron chi connectivity index (χ3n) is 4.96. The van der Waals surface area contributed by atoms with Crippen LogP contribution in [-0.2, 0) is 19.6 Å². The third kappa shape index (κ3) is 6.49. The van der Waals surface area contributed by atoms with Crippen molar-refractivity contribution >= 4 is 27.3 Å². The Morgan fingerprint density at radius 2 is 1.68 bits per heavy atom. The molecule has 0 saturated carbocycles. The molecule has 1 aliphatic heterocycles. The zero-order chi connectivity index (χ0) is 22.4. The Balaban J connectivity index is 1.70. The van der Waals surface area contributed by atoms with Crippen molar-refractivity contribution in [3.8, 4) is 0 Å². The molecule has 7 nitrogen and oxygen atoms in total. The van der Waals surface area contributed by atoms with Gasteiger partial charge in [-0.05, 0) is 60.9 Å². The number of sulfonamides is 1. The highest BCUT2D eigenvalue weighted by Gasteiger charge is 2.26.